The normalized spacial score (nSPS) is 21.0. The number of carbonyl (C=O) groups is 1. The van der Waals surface area contributed by atoms with E-state index in [4.69, 9.17) is 11.6 Å². The van der Waals surface area contributed by atoms with Gasteiger partial charge in [0.1, 0.15) is 5.82 Å². The number of hydrogen-bond acceptors (Lipinski definition) is 1. The Morgan fingerprint density at radius 2 is 2.29 bits per heavy atom. The Bertz CT molecular complexity index is 380. The molecule has 1 fully saturated rings. The number of amides is 1. The largest absolute Gasteiger partial charge is 0.355 e. The minimum absolute atomic E-state index is 0.0375. The Kier molecular flexibility index (Phi) is 2.42. The monoisotopic (exact) mass is 213 g/mol. The lowest BCUT2D eigenvalue weighted by atomic mass is 9.98. The third kappa shape index (κ3) is 1.73. The first kappa shape index (κ1) is 9.46. The highest BCUT2D eigenvalue weighted by molar-refractivity contribution is 6.30. The number of benzene rings is 1. The van der Waals surface area contributed by atoms with Crippen LogP contribution >= 0.6 is 11.6 Å². The van der Waals surface area contributed by atoms with E-state index < -0.39 is 5.82 Å². The van der Waals surface area contributed by atoms with Gasteiger partial charge in [0.25, 0.3) is 0 Å². The molecular formula is C10H9ClFNO. The maximum absolute atomic E-state index is 12.8. The average Bonchev–Trinajstić information content (AvgIpc) is 2.57. The van der Waals surface area contributed by atoms with Crippen molar-refractivity contribution in [1.82, 2.24) is 5.32 Å². The van der Waals surface area contributed by atoms with Crippen molar-refractivity contribution >= 4 is 17.5 Å². The van der Waals surface area contributed by atoms with Crippen LogP contribution in [0.1, 0.15) is 17.9 Å². The maximum atomic E-state index is 12.8. The zero-order valence-corrected chi connectivity index (χ0v) is 8.14. The molecular weight excluding hydrogens is 205 g/mol. The van der Waals surface area contributed by atoms with E-state index >= 15 is 0 Å². The molecule has 2 rings (SSSR count). The molecule has 0 saturated carbocycles. The van der Waals surface area contributed by atoms with Gasteiger partial charge >= 0.3 is 0 Å². The Balaban J connectivity index is 2.24. The molecule has 0 bridgehead atoms. The number of nitrogens with one attached hydrogen (secondary N) is 1. The van der Waals surface area contributed by atoms with Gasteiger partial charge < -0.3 is 5.32 Å². The van der Waals surface area contributed by atoms with Crippen LogP contribution in [-0.4, -0.2) is 12.5 Å². The smallest absolute Gasteiger partial charge is 0.220 e. The van der Waals surface area contributed by atoms with Crippen LogP contribution in [-0.2, 0) is 4.79 Å². The van der Waals surface area contributed by atoms with E-state index in [0.29, 0.717) is 13.0 Å². The zero-order chi connectivity index (χ0) is 10.1. The highest BCUT2D eigenvalue weighted by Crippen LogP contribution is 2.26. The molecule has 1 heterocycles. The standard InChI is InChI=1S/C10H9ClFNO/c11-8-3-6(1-2-9(8)12)7-4-10(14)13-5-7/h1-3,7H,4-5H2,(H,13,14). The van der Waals surface area contributed by atoms with Crippen LogP contribution in [0.2, 0.25) is 5.02 Å². The summed E-state index contributed by atoms with van der Waals surface area (Å²) in [6.45, 7) is 0.612. The average molecular weight is 214 g/mol. The van der Waals surface area contributed by atoms with E-state index in [1.807, 2.05) is 0 Å². The predicted molar refractivity (Wildman–Crippen MR) is 51.8 cm³/mol. The fourth-order valence-corrected chi connectivity index (χ4v) is 1.80. The van der Waals surface area contributed by atoms with Gasteiger partial charge in [-0.2, -0.15) is 0 Å². The third-order valence-corrected chi connectivity index (χ3v) is 2.68. The van der Waals surface area contributed by atoms with Crippen molar-refractivity contribution in [3.8, 4) is 0 Å². The van der Waals surface area contributed by atoms with Gasteiger partial charge in [-0.1, -0.05) is 17.7 Å². The van der Waals surface area contributed by atoms with Crippen molar-refractivity contribution in [3.05, 3.63) is 34.6 Å². The van der Waals surface area contributed by atoms with Crippen molar-refractivity contribution in [2.24, 2.45) is 0 Å². The molecule has 1 amide bonds. The van der Waals surface area contributed by atoms with Gasteiger partial charge in [-0.3, -0.25) is 4.79 Å². The van der Waals surface area contributed by atoms with Crippen molar-refractivity contribution in [2.45, 2.75) is 12.3 Å². The molecule has 1 aromatic carbocycles. The predicted octanol–water partition coefficient (Wildman–Crippen LogP) is 2.08. The Morgan fingerprint density at radius 1 is 1.50 bits per heavy atom. The molecule has 14 heavy (non-hydrogen) atoms. The number of carbonyl (C=O) groups excluding carboxylic acids is 1. The fraction of sp³-hybridized carbons (Fsp3) is 0.300. The number of hydrogen-bond donors (Lipinski definition) is 1. The molecule has 1 aliphatic rings. The van der Waals surface area contributed by atoms with E-state index in [-0.39, 0.29) is 16.8 Å². The van der Waals surface area contributed by atoms with Crippen LogP contribution in [0.5, 0.6) is 0 Å². The fourth-order valence-electron chi connectivity index (χ4n) is 1.61. The topological polar surface area (TPSA) is 29.1 Å². The second kappa shape index (κ2) is 3.58. The van der Waals surface area contributed by atoms with E-state index in [2.05, 4.69) is 5.32 Å². The molecule has 0 radical (unpaired) electrons. The molecule has 4 heteroatoms. The SMILES string of the molecule is O=C1CC(c2ccc(F)c(Cl)c2)CN1. The van der Waals surface area contributed by atoms with E-state index in [1.54, 1.807) is 12.1 Å². The van der Waals surface area contributed by atoms with Gasteiger partial charge in [0, 0.05) is 18.9 Å². The highest BCUT2D eigenvalue weighted by atomic mass is 35.5. The summed E-state index contributed by atoms with van der Waals surface area (Å²) in [5.74, 6) is -0.260. The molecule has 74 valence electrons. The lowest BCUT2D eigenvalue weighted by molar-refractivity contribution is -0.119. The van der Waals surface area contributed by atoms with Crippen molar-refractivity contribution in [2.75, 3.05) is 6.54 Å². The summed E-state index contributed by atoms with van der Waals surface area (Å²) in [5.41, 5.74) is 0.912. The van der Waals surface area contributed by atoms with Gasteiger partial charge in [0.15, 0.2) is 0 Å². The number of rotatable bonds is 1. The maximum Gasteiger partial charge on any atom is 0.220 e. The summed E-state index contributed by atoms with van der Waals surface area (Å²) in [7, 11) is 0. The van der Waals surface area contributed by atoms with Crippen LogP contribution in [0.25, 0.3) is 0 Å². The minimum Gasteiger partial charge on any atom is -0.355 e. The molecule has 0 spiro atoms. The van der Waals surface area contributed by atoms with E-state index in [9.17, 15) is 9.18 Å². The summed E-state index contributed by atoms with van der Waals surface area (Å²) in [6, 6.07) is 4.59. The molecule has 1 N–H and O–H groups in total. The lowest BCUT2D eigenvalue weighted by Crippen LogP contribution is -2.13. The van der Waals surface area contributed by atoms with Crippen LogP contribution < -0.4 is 5.32 Å². The number of halogens is 2. The molecule has 1 unspecified atom stereocenters. The van der Waals surface area contributed by atoms with Gasteiger partial charge in [-0.05, 0) is 17.7 Å². The molecule has 0 aliphatic carbocycles. The summed E-state index contributed by atoms with van der Waals surface area (Å²) in [6.07, 6.45) is 0.460. The lowest BCUT2D eigenvalue weighted by Gasteiger charge is -2.07. The molecule has 1 saturated heterocycles. The molecule has 1 aromatic rings. The zero-order valence-electron chi connectivity index (χ0n) is 7.39. The summed E-state index contributed by atoms with van der Waals surface area (Å²) < 4.78 is 12.8. The van der Waals surface area contributed by atoms with Gasteiger partial charge in [-0.25, -0.2) is 4.39 Å². The first-order valence-electron chi connectivity index (χ1n) is 4.38. The van der Waals surface area contributed by atoms with Crippen molar-refractivity contribution < 1.29 is 9.18 Å². The molecule has 2 nitrogen and oxygen atoms in total. The van der Waals surface area contributed by atoms with E-state index in [1.165, 1.54) is 6.07 Å². The minimum atomic E-state index is -0.423. The van der Waals surface area contributed by atoms with Gasteiger partial charge in [0.2, 0.25) is 5.91 Å². The first-order valence-corrected chi connectivity index (χ1v) is 4.76. The van der Waals surface area contributed by atoms with Crippen LogP contribution in [0.4, 0.5) is 4.39 Å². The van der Waals surface area contributed by atoms with Crippen molar-refractivity contribution in [1.29, 1.82) is 0 Å². The quantitative estimate of drug-likeness (QED) is 0.761. The Morgan fingerprint density at radius 3 is 2.86 bits per heavy atom. The van der Waals surface area contributed by atoms with Crippen LogP contribution in [0.3, 0.4) is 0 Å². The van der Waals surface area contributed by atoms with Gasteiger partial charge in [-0.15, -0.1) is 0 Å². The second-order valence-electron chi connectivity index (χ2n) is 3.38. The molecule has 1 aliphatic heterocycles. The third-order valence-electron chi connectivity index (χ3n) is 2.39. The van der Waals surface area contributed by atoms with Crippen LogP contribution in [0.15, 0.2) is 18.2 Å². The van der Waals surface area contributed by atoms with Crippen molar-refractivity contribution in [3.63, 3.8) is 0 Å². The molecule has 0 aromatic heterocycles. The van der Waals surface area contributed by atoms with Crippen LogP contribution in [0, 0.1) is 5.82 Å². The van der Waals surface area contributed by atoms with Gasteiger partial charge in [0.05, 0.1) is 5.02 Å². The first-order chi connectivity index (χ1) is 6.66. The second-order valence-corrected chi connectivity index (χ2v) is 3.79. The van der Waals surface area contributed by atoms with E-state index in [0.717, 1.165) is 5.56 Å². The summed E-state index contributed by atoms with van der Waals surface area (Å²) >= 11 is 5.65. The molecule has 1 atom stereocenters. The highest BCUT2D eigenvalue weighted by Gasteiger charge is 2.23. The Labute approximate surface area is 86.1 Å². The Hall–Kier alpha value is -1.09. The summed E-state index contributed by atoms with van der Waals surface area (Å²) in [5, 5.41) is 2.84. The summed E-state index contributed by atoms with van der Waals surface area (Å²) in [4.78, 5) is 11.0.